The molecule has 5 nitrogen and oxygen atoms in total. The van der Waals surface area contributed by atoms with Crippen LogP contribution < -0.4 is 14.4 Å². The topological polar surface area (TPSA) is 58.6 Å². The Kier molecular flexibility index (Phi) is 5.54. The van der Waals surface area contributed by atoms with Crippen LogP contribution in [-0.4, -0.2) is 27.0 Å². The molecule has 0 fully saturated rings. The zero-order valence-corrected chi connectivity index (χ0v) is 18.0. The van der Waals surface area contributed by atoms with E-state index in [0.717, 1.165) is 13.0 Å². The molecular formula is C24H26N2O3S. The Hall–Kier alpha value is -2.83. The van der Waals surface area contributed by atoms with Gasteiger partial charge < -0.3 is 9.64 Å². The number of para-hydroxylation sites is 2. The van der Waals surface area contributed by atoms with Crippen molar-refractivity contribution in [2.24, 2.45) is 0 Å². The number of sulfonamides is 1. The normalized spacial score (nSPS) is 13.9. The minimum Gasteiger partial charge on any atom is -0.457 e. The van der Waals surface area contributed by atoms with Crippen molar-refractivity contribution in [3.8, 4) is 11.5 Å². The third kappa shape index (κ3) is 4.35. The summed E-state index contributed by atoms with van der Waals surface area (Å²) >= 11 is 0. The van der Waals surface area contributed by atoms with Gasteiger partial charge in [0.15, 0.2) is 0 Å². The van der Waals surface area contributed by atoms with Gasteiger partial charge in [0.05, 0.1) is 4.90 Å². The van der Waals surface area contributed by atoms with Gasteiger partial charge in [-0.1, -0.05) is 36.4 Å². The highest BCUT2D eigenvalue weighted by atomic mass is 32.2. The number of fused-ring (bicyclic) bond motifs is 1. The third-order valence-corrected chi connectivity index (χ3v) is 6.84. The van der Waals surface area contributed by atoms with Crippen LogP contribution in [0, 0.1) is 0 Å². The first-order valence-corrected chi connectivity index (χ1v) is 11.5. The van der Waals surface area contributed by atoms with Crippen LogP contribution in [-0.2, 0) is 16.4 Å². The van der Waals surface area contributed by atoms with Crippen molar-refractivity contribution in [3.63, 3.8) is 0 Å². The van der Waals surface area contributed by atoms with Gasteiger partial charge in [-0.2, -0.15) is 0 Å². The molecule has 30 heavy (non-hydrogen) atoms. The molecule has 0 saturated carbocycles. The van der Waals surface area contributed by atoms with Crippen molar-refractivity contribution in [1.82, 2.24) is 4.72 Å². The lowest BCUT2D eigenvalue weighted by Crippen LogP contribution is -2.51. The van der Waals surface area contributed by atoms with Gasteiger partial charge in [-0.3, -0.25) is 0 Å². The van der Waals surface area contributed by atoms with Gasteiger partial charge in [-0.05, 0) is 68.3 Å². The maximum atomic E-state index is 12.8. The number of benzene rings is 3. The van der Waals surface area contributed by atoms with Crippen LogP contribution in [0.25, 0.3) is 0 Å². The summed E-state index contributed by atoms with van der Waals surface area (Å²) in [5, 5.41) is 0. The largest absolute Gasteiger partial charge is 0.457 e. The number of nitrogens with one attached hydrogen (secondary N) is 1. The molecule has 3 aromatic carbocycles. The monoisotopic (exact) mass is 422 g/mol. The molecule has 156 valence electrons. The predicted octanol–water partition coefficient (Wildman–Crippen LogP) is 4.60. The van der Waals surface area contributed by atoms with Crippen LogP contribution in [0.4, 0.5) is 5.69 Å². The van der Waals surface area contributed by atoms with E-state index in [2.05, 4.69) is 35.6 Å². The van der Waals surface area contributed by atoms with E-state index in [1.165, 1.54) is 11.3 Å². The van der Waals surface area contributed by atoms with Gasteiger partial charge >= 0.3 is 0 Å². The van der Waals surface area contributed by atoms with E-state index in [1.54, 1.807) is 24.3 Å². The number of hydrogen-bond acceptors (Lipinski definition) is 4. The summed E-state index contributed by atoms with van der Waals surface area (Å²) in [5.74, 6) is 1.30. The van der Waals surface area contributed by atoms with Gasteiger partial charge in [0.1, 0.15) is 11.5 Å². The first kappa shape index (κ1) is 20.4. The Morgan fingerprint density at radius 3 is 2.27 bits per heavy atom. The molecule has 4 rings (SSSR count). The third-order valence-electron chi connectivity index (χ3n) is 5.43. The fourth-order valence-electron chi connectivity index (χ4n) is 3.73. The Labute approximate surface area is 178 Å². The van der Waals surface area contributed by atoms with E-state index in [0.29, 0.717) is 18.0 Å². The maximum absolute atomic E-state index is 12.8. The predicted molar refractivity (Wildman–Crippen MR) is 120 cm³/mol. The molecule has 0 radical (unpaired) electrons. The quantitative estimate of drug-likeness (QED) is 0.605. The van der Waals surface area contributed by atoms with E-state index >= 15 is 0 Å². The van der Waals surface area contributed by atoms with Crippen LogP contribution in [0.2, 0.25) is 0 Å². The molecule has 1 aliphatic rings. The smallest absolute Gasteiger partial charge is 0.240 e. The molecular weight excluding hydrogens is 396 g/mol. The van der Waals surface area contributed by atoms with Crippen LogP contribution in [0.15, 0.2) is 83.8 Å². The number of hydrogen-bond donors (Lipinski definition) is 1. The Morgan fingerprint density at radius 1 is 0.900 bits per heavy atom. The SMILES string of the molecule is CC(C)(CNS(=O)(=O)c1ccc(Oc2ccccc2)cc1)N1CCc2ccccc21. The van der Waals surface area contributed by atoms with Crippen molar-refractivity contribution in [2.45, 2.75) is 30.7 Å². The summed E-state index contributed by atoms with van der Waals surface area (Å²) in [6, 6.07) is 24.2. The number of rotatable bonds is 7. The van der Waals surface area contributed by atoms with Gasteiger partial charge in [-0.25, -0.2) is 13.1 Å². The van der Waals surface area contributed by atoms with Crippen molar-refractivity contribution in [3.05, 3.63) is 84.4 Å². The highest BCUT2D eigenvalue weighted by Crippen LogP contribution is 2.33. The van der Waals surface area contributed by atoms with Crippen molar-refractivity contribution in [1.29, 1.82) is 0 Å². The summed E-state index contributed by atoms with van der Waals surface area (Å²) < 4.78 is 34.2. The number of anilines is 1. The van der Waals surface area contributed by atoms with E-state index in [9.17, 15) is 8.42 Å². The second kappa shape index (κ2) is 8.13. The highest BCUT2D eigenvalue weighted by molar-refractivity contribution is 7.89. The van der Waals surface area contributed by atoms with Gasteiger partial charge in [-0.15, -0.1) is 0 Å². The molecule has 0 atom stereocenters. The maximum Gasteiger partial charge on any atom is 0.240 e. The van der Waals surface area contributed by atoms with E-state index in [-0.39, 0.29) is 10.4 Å². The molecule has 1 N–H and O–H groups in total. The molecule has 0 unspecified atom stereocenters. The molecule has 0 bridgehead atoms. The Balaban J connectivity index is 1.43. The van der Waals surface area contributed by atoms with Gasteiger partial charge in [0.25, 0.3) is 0 Å². The average Bonchev–Trinajstić information content (AvgIpc) is 3.19. The van der Waals surface area contributed by atoms with E-state index in [4.69, 9.17) is 4.74 Å². The second-order valence-corrected chi connectivity index (χ2v) is 9.82. The van der Waals surface area contributed by atoms with Crippen LogP contribution in [0.5, 0.6) is 11.5 Å². The first-order valence-electron chi connectivity index (χ1n) is 10.0. The molecule has 0 aliphatic carbocycles. The standard InChI is InChI=1S/C24H26N2O3S/c1-24(2,26-17-16-19-8-6-7-11-23(19)26)18-25-30(27,28)22-14-12-21(13-15-22)29-20-9-4-3-5-10-20/h3-15,25H,16-18H2,1-2H3. The second-order valence-electron chi connectivity index (χ2n) is 8.05. The Bertz CT molecular complexity index is 1110. The minimum absolute atomic E-state index is 0.223. The lowest BCUT2D eigenvalue weighted by Gasteiger charge is -2.38. The van der Waals surface area contributed by atoms with E-state index in [1.807, 2.05) is 42.5 Å². The summed E-state index contributed by atoms with van der Waals surface area (Å²) in [4.78, 5) is 2.50. The van der Waals surface area contributed by atoms with Crippen molar-refractivity contribution in [2.75, 3.05) is 18.0 Å². The number of nitrogens with zero attached hydrogens (tertiary/aromatic N) is 1. The summed E-state index contributed by atoms with van der Waals surface area (Å²) in [6.07, 6.45) is 0.981. The first-order chi connectivity index (χ1) is 14.4. The van der Waals surface area contributed by atoms with Crippen molar-refractivity contribution < 1.29 is 13.2 Å². The lowest BCUT2D eigenvalue weighted by molar-refractivity contribution is 0.459. The summed E-state index contributed by atoms with van der Waals surface area (Å²) in [7, 11) is -3.62. The Morgan fingerprint density at radius 2 is 1.53 bits per heavy atom. The lowest BCUT2D eigenvalue weighted by atomic mass is 10.0. The molecule has 3 aromatic rings. The zero-order valence-electron chi connectivity index (χ0n) is 17.2. The molecule has 6 heteroatoms. The summed E-state index contributed by atoms with van der Waals surface area (Å²) in [5.41, 5.74) is 2.14. The fraction of sp³-hybridized carbons (Fsp3) is 0.250. The van der Waals surface area contributed by atoms with Gasteiger partial charge in [0.2, 0.25) is 10.0 Å². The van der Waals surface area contributed by atoms with E-state index < -0.39 is 10.0 Å². The number of ether oxygens (including phenoxy) is 1. The molecule has 0 saturated heterocycles. The van der Waals surface area contributed by atoms with Crippen molar-refractivity contribution >= 4 is 15.7 Å². The minimum atomic E-state index is -3.62. The molecule has 0 spiro atoms. The van der Waals surface area contributed by atoms with Gasteiger partial charge in [0, 0.05) is 24.3 Å². The molecule has 0 amide bonds. The molecule has 1 aliphatic heterocycles. The average molecular weight is 423 g/mol. The van der Waals surface area contributed by atoms with Crippen LogP contribution in [0.3, 0.4) is 0 Å². The highest BCUT2D eigenvalue weighted by Gasteiger charge is 2.33. The summed E-state index contributed by atoms with van der Waals surface area (Å²) in [6.45, 7) is 5.33. The molecule has 0 aromatic heterocycles. The fourth-order valence-corrected chi connectivity index (χ4v) is 4.93. The zero-order chi connectivity index (χ0) is 21.2. The molecule has 1 heterocycles. The van der Waals surface area contributed by atoms with Crippen LogP contribution >= 0.6 is 0 Å². The van der Waals surface area contributed by atoms with Crippen LogP contribution in [0.1, 0.15) is 19.4 Å².